The van der Waals surface area contributed by atoms with Gasteiger partial charge in [0.05, 0.1) is 13.7 Å². The number of halogens is 1. The molecule has 110 valence electrons. The van der Waals surface area contributed by atoms with E-state index in [1.54, 1.807) is 6.07 Å². The molecule has 1 aliphatic rings. The number of fused-ring (bicyclic) bond motifs is 1. The van der Waals surface area contributed by atoms with Gasteiger partial charge in [-0.1, -0.05) is 12.1 Å². The molecule has 2 aromatic rings. The van der Waals surface area contributed by atoms with Crippen molar-refractivity contribution in [2.75, 3.05) is 20.3 Å². The van der Waals surface area contributed by atoms with Gasteiger partial charge in [0.1, 0.15) is 17.3 Å². The van der Waals surface area contributed by atoms with Gasteiger partial charge in [-0.15, -0.1) is 0 Å². The molecule has 0 aliphatic carbocycles. The summed E-state index contributed by atoms with van der Waals surface area (Å²) in [6.45, 7) is 1.30. The van der Waals surface area contributed by atoms with Crippen LogP contribution in [0.25, 0.3) is 11.1 Å². The number of nitrogens with two attached hydrogens (primary N) is 1. The molecule has 0 aromatic heterocycles. The van der Waals surface area contributed by atoms with Crippen molar-refractivity contribution >= 4 is 0 Å². The first kappa shape index (κ1) is 13.9. The first-order valence-corrected chi connectivity index (χ1v) is 7.03. The molecular weight excluding hydrogens is 269 g/mol. The van der Waals surface area contributed by atoms with Crippen LogP contribution >= 0.6 is 0 Å². The summed E-state index contributed by atoms with van der Waals surface area (Å²) in [5.41, 5.74) is 8.75. The summed E-state index contributed by atoms with van der Waals surface area (Å²) in [6.07, 6.45) is 0.947. The monoisotopic (exact) mass is 287 g/mol. The van der Waals surface area contributed by atoms with Gasteiger partial charge >= 0.3 is 0 Å². The van der Waals surface area contributed by atoms with E-state index >= 15 is 0 Å². The highest BCUT2D eigenvalue weighted by Gasteiger charge is 2.21. The standard InChI is InChI=1S/C17H18FNO2/c1-20-16-9-13(18)3-5-14(16)11-2-4-15-12(10-19)6-7-21-17(15)8-11/h2-5,8-9,12H,6-7,10,19H2,1H3/t12-/m0/s1. The second kappa shape index (κ2) is 5.74. The molecule has 3 rings (SSSR count). The van der Waals surface area contributed by atoms with Crippen LogP contribution in [-0.2, 0) is 0 Å². The fourth-order valence-corrected chi connectivity index (χ4v) is 2.78. The lowest BCUT2D eigenvalue weighted by molar-refractivity contribution is 0.269. The van der Waals surface area contributed by atoms with Crippen LogP contribution in [0.1, 0.15) is 17.9 Å². The molecule has 0 radical (unpaired) electrons. The van der Waals surface area contributed by atoms with E-state index in [2.05, 4.69) is 0 Å². The summed E-state index contributed by atoms with van der Waals surface area (Å²) in [5.74, 6) is 1.41. The van der Waals surface area contributed by atoms with E-state index in [9.17, 15) is 4.39 Å². The Labute approximate surface area is 123 Å². The summed E-state index contributed by atoms with van der Waals surface area (Å²) >= 11 is 0. The third-order valence-corrected chi connectivity index (χ3v) is 3.94. The molecule has 1 heterocycles. The van der Waals surface area contributed by atoms with Crippen molar-refractivity contribution in [3.63, 3.8) is 0 Å². The third-order valence-electron chi connectivity index (χ3n) is 3.94. The van der Waals surface area contributed by atoms with Crippen molar-refractivity contribution in [3.8, 4) is 22.6 Å². The molecule has 0 spiro atoms. The van der Waals surface area contributed by atoms with Crippen LogP contribution in [-0.4, -0.2) is 20.3 Å². The largest absolute Gasteiger partial charge is 0.496 e. The molecule has 0 unspecified atom stereocenters. The van der Waals surface area contributed by atoms with E-state index in [-0.39, 0.29) is 5.82 Å². The lowest BCUT2D eigenvalue weighted by Crippen LogP contribution is -2.20. The lowest BCUT2D eigenvalue weighted by Gasteiger charge is -2.25. The van der Waals surface area contributed by atoms with Gasteiger partial charge in [-0.3, -0.25) is 0 Å². The van der Waals surface area contributed by atoms with Crippen LogP contribution in [0.3, 0.4) is 0 Å². The second-order valence-electron chi connectivity index (χ2n) is 5.17. The normalized spacial score (nSPS) is 17.0. The van der Waals surface area contributed by atoms with Crippen LogP contribution in [0, 0.1) is 5.82 Å². The van der Waals surface area contributed by atoms with E-state index < -0.39 is 0 Å². The Bertz CT molecular complexity index is 657. The number of methoxy groups -OCH3 is 1. The molecule has 0 amide bonds. The predicted octanol–water partition coefficient (Wildman–Crippen LogP) is 3.33. The van der Waals surface area contributed by atoms with Crippen LogP contribution in [0.15, 0.2) is 36.4 Å². The number of rotatable bonds is 3. The van der Waals surface area contributed by atoms with E-state index in [4.69, 9.17) is 15.2 Å². The van der Waals surface area contributed by atoms with Crippen LogP contribution in [0.2, 0.25) is 0 Å². The molecule has 0 bridgehead atoms. The molecular formula is C17H18FNO2. The Kier molecular flexibility index (Phi) is 3.80. The summed E-state index contributed by atoms with van der Waals surface area (Å²) < 4.78 is 24.3. The third kappa shape index (κ3) is 2.59. The smallest absolute Gasteiger partial charge is 0.129 e. The Morgan fingerprint density at radius 3 is 2.90 bits per heavy atom. The molecule has 0 saturated heterocycles. The fraction of sp³-hybridized carbons (Fsp3) is 0.294. The second-order valence-corrected chi connectivity index (χ2v) is 5.17. The molecule has 0 saturated carbocycles. The molecule has 1 atom stereocenters. The first-order valence-electron chi connectivity index (χ1n) is 7.03. The number of benzene rings is 2. The summed E-state index contributed by atoms with van der Waals surface area (Å²) in [6, 6.07) is 10.6. The fourth-order valence-electron chi connectivity index (χ4n) is 2.78. The van der Waals surface area contributed by atoms with E-state index in [1.807, 2.05) is 18.2 Å². The lowest BCUT2D eigenvalue weighted by atomic mass is 9.91. The zero-order valence-corrected chi connectivity index (χ0v) is 11.9. The van der Waals surface area contributed by atoms with Crippen molar-refractivity contribution in [3.05, 3.63) is 47.8 Å². The minimum Gasteiger partial charge on any atom is -0.496 e. The van der Waals surface area contributed by atoms with Crippen LogP contribution in [0.4, 0.5) is 4.39 Å². The average molecular weight is 287 g/mol. The Morgan fingerprint density at radius 2 is 2.14 bits per heavy atom. The maximum Gasteiger partial charge on any atom is 0.129 e. The van der Waals surface area contributed by atoms with Crippen molar-refractivity contribution in [2.24, 2.45) is 5.73 Å². The first-order chi connectivity index (χ1) is 10.2. The van der Waals surface area contributed by atoms with Gasteiger partial charge in [0.2, 0.25) is 0 Å². The molecule has 0 fully saturated rings. The maximum atomic E-state index is 13.3. The molecule has 1 aliphatic heterocycles. The highest BCUT2D eigenvalue weighted by atomic mass is 19.1. The van der Waals surface area contributed by atoms with Crippen molar-refractivity contribution in [2.45, 2.75) is 12.3 Å². The number of hydrogen-bond acceptors (Lipinski definition) is 3. The number of ether oxygens (including phenoxy) is 2. The SMILES string of the molecule is COc1cc(F)ccc1-c1ccc2c(c1)OCC[C@H]2CN. The van der Waals surface area contributed by atoms with Crippen LogP contribution in [0.5, 0.6) is 11.5 Å². The van der Waals surface area contributed by atoms with Crippen LogP contribution < -0.4 is 15.2 Å². The van der Waals surface area contributed by atoms with Gasteiger partial charge < -0.3 is 15.2 Å². The quantitative estimate of drug-likeness (QED) is 0.941. The van der Waals surface area contributed by atoms with Crippen molar-refractivity contribution < 1.29 is 13.9 Å². The summed E-state index contributed by atoms with van der Waals surface area (Å²) in [4.78, 5) is 0. The molecule has 21 heavy (non-hydrogen) atoms. The van der Waals surface area contributed by atoms with Crippen molar-refractivity contribution in [1.82, 2.24) is 0 Å². The average Bonchev–Trinajstić information content (AvgIpc) is 2.53. The highest BCUT2D eigenvalue weighted by Crippen LogP contribution is 2.38. The van der Waals surface area contributed by atoms with Gasteiger partial charge in [-0.25, -0.2) is 4.39 Å². The zero-order valence-electron chi connectivity index (χ0n) is 11.9. The number of hydrogen-bond donors (Lipinski definition) is 1. The van der Waals surface area contributed by atoms with Gasteiger partial charge in [0, 0.05) is 17.5 Å². The van der Waals surface area contributed by atoms with Gasteiger partial charge in [0.25, 0.3) is 0 Å². The van der Waals surface area contributed by atoms with Gasteiger partial charge in [-0.05, 0) is 42.3 Å². The van der Waals surface area contributed by atoms with Crippen molar-refractivity contribution in [1.29, 1.82) is 0 Å². The topological polar surface area (TPSA) is 44.5 Å². The Balaban J connectivity index is 2.05. The van der Waals surface area contributed by atoms with E-state index in [0.29, 0.717) is 24.8 Å². The van der Waals surface area contributed by atoms with Gasteiger partial charge in [0.15, 0.2) is 0 Å². The predicted molar refractivity (Wildman–Crippen MR) is 80.3 cm³/mol. The summed E-state index contributed by atoms with van der Waals surface area (Å²) in [7, 11) is 1.54. The molecule has 4 heteroatoms. The van der Waals surface area contributed by atoms with Gasteiger partial charge in [-0.2, -0.15) is 0 Å². The van der Waals surface area contributed by atoms with E-state index in [1.165, 1.54) is 19.2 Å². The highest BCUT2D eigenvalue weighted by molar-refractivity contribution is 5.72. The summed E-state index contributed by atoms with van der Waals surface area (Å²) in [5, 5.41) is 0. The molecule has 2 N–H and O–H groups in total. The molecule has 2 aromatic carbocycles. The molecule has 3 nitrogen and oxygen atoms in total. The zero-order chi connectivity index (χ0) is 14.8. The Hall–Kier alpha value is -2.07. The maximum absolute atomic E-state index is 13.3. The Morgan fingerprint density at radius 1 is 1.29 bits per heavy atom. The van der Waals surface area contributed by atoms with E-state index in [0.717, 1.165) is 28.9 Å². The minimum atomic E-state index is -0.312. The minimum absolute atomic E-state index is 0.312.